The second-order valence-electron chi connectivity index (χ2n) is 5.94. The van der Waals surface area contributed by atoms with Crippen LogP contribution in [0.2, 0.25) is 5.02 Å². The molecule has 3 aromatic carbocycles. The number of benzene rings is 3. The molecule has 4 heteroatoms. The van der Waals surface area contributed by atoms with Gasteiger partial charge in [-0.3, -0.25) is 4.79 Å². The maximum absolute atomic E-state index is 12.8. The fraction of sp³-hybridized carbons (Fsp3) is 0.136. The van der Waals surface area contributed by atoms with Crippen molar-refractivity contribution < 1.29 is 9.53 Å². The Morgan fingerprint density at radius 2 is 1.27 bits per heavy atom. The standard InChI is InChI=1S/C22H20ClNO2/c23-20-13-7-8-14-21(20)26-17-22(25)24(15-18-9-3-1-4-10-18)16-19-11-5-2-6-12-19/h1-14H,15-17H2. The van der Waals surface area contributed by atoms with Gasteiger partial charge < -0.3 is 9.64 Å². The molecule has 0 unspecified atom stereocenters. The minimum Gasteiger partial charge on any atom is -0.482 e. The van der Waals surface area contributed by atoms with Gasteiger partial charge in [0.05, 0.1) is 5.02 Å². The van der Waals surface area contributed by atoms with E-state index in [4.69, 9.17) is 16.3 Å². The molecule has 0 aliphatic carbocycles. The average Bonchev–Trinajstić information content (AvgIpc) is 2.68. The third kappa shape index (κ3) is 5.11. The lowest BCUT2D eigenvalue weighted by molar-refractivity contribution is -0.134. The molecule has 0 aromatic heterocycles. The van der Waals surface area contributed by atoms with Crippen molar-refractivity contribution in [1.82, 2.24) is 4.90 Å². The number of ether oxygens (including phenoxy) is 1. The molecule has 3 aromatic rings. The van der Waals surface area contributed by atoms with E-state index in [1.807, 2.05) is 72.8 Å². The highest BCUT2D eigenvalue weighted by Gasteiger charge is 2.16. The Labute approximate surface area is 158 Å². The second-order valence-corrected chi connectivity index (χ2v) is 6.35. The topological polar surface area (TPSA) is 29.5 Å². The molecule has 0 saturated heterocycles. The quantitative estimate of drug-likeness (QED) is 0.593. The van der Waals surface area contributed by atoms with Crippen LogP contribution < -0.4 is 4.74 Å². The zero-order valence-electron chi connectivity index (χ0n) is 14.3. The molecule has 1 amide bonds. The molecule has 0 fully saturated rings. The van der Waals surface area contributed by atoms with E-state index in [1.165, 1.54) is 0 Å². The van der Waals surface area contributed by atoms with E-state index in [9.17, 15) is 4.79 Å². The van der Waals surface area contributed by atoms with Crippen molar-refractivity contribution in [3.05, 3.63) is 101 Å². The minimum absolute atomic E-state index is 0.0522. The van der Waals surface area contributed by atoms with Crippen LogP contribution in [0, 0.1) is 0 Å². The van der Waals surface area contributed by atoms with Gasteiger partial charge in [0.1, 0.15) is 5.75 Å². The van der Waals surface area contributed by atoms with Crippen LogP contribution in [-0.2, 0) is 17.9 Å². The van der Waals surface area contributed by atoms with Crippen molar-refractivity contribution in [1.29, 1.82) is 0 Å². The molecule has 132 valence electrons. The van der Waals surface area contributed by atoms with Gasteiger partial charge >= 0.3 is 0 Å². The summed E-state index contributed by atoms with van der Waals surface area (Å²) in [6, 6.07) is 27.0. The zero-order valence-corrected chi connectivity index (χ0v) is 15.1. The van der Waals surface area contributed by atoms with Crippen LogP contribution >= 0.6 is 11.6 Å². The lowest BCUT2D eigenvalue weighted by Gasteiger charge is -2.23. The number of rotatable bonds is 7. The predicted molar refractivity (Wildman–Crippen MR) is 104 cm³/mol. The fourth-order valence-electron chi connectivity index (χ4n) is 2.63. The first kappa shape index (κ1) is 18.0. The Morgan fingerprint density at radius 1 is 0.769 bits per heavy atom. The van der Waals surface area contributed by atoms with Crippen LogP contribution in [0.4, 0.5) is 0 Å². The third-order valence-electron chi connectivity index (χ3n) is 3.97. The van der Waals surface area contributed by atoms with Crippen molar-refractivity contribution >= 4 is 17.5 Å². The molecule has 0 atom stereocenters. The van der Waals surface area contributed by atoms with E-state index in [2.05, 4.69) is 0 Å². The Hall–Kier alpha value is -2.78. The largest absolute Gasteiger partial charge is 0.482 e. The first-order valence-corrected chi connectivity index (χ1v) is 8.83. The summed E-state index contributed by atoms with van der Waals surface area (Å²) in [5.41, 5.74) is 2.16. The highest BCUT2D eigenvalue weighted by atomic mass is 35.5. The number of carbonyl (C=O) groups is 1. The van der Waals surface area contributed by atoms with Crippen LogP contribution in [0.1, 0.15) is 11.1 Å². The molecule has 0 spiro atoms. The summed E-state index contributed by atoms with van der Waals surface area (Å²) in [5.74, 6) is 0.430. The second kappa shape index (κ2) is 9.07. The van der Waals surface area contributed by atoms with Gasteiger partial charge in [-0.15, -0.1) is 0 Å². The summed E-state index contributed by atoms with van der Waals surface area (Å²) < 4.78 is 5.63. The number of carbonyl (C=O) groups excluding carboxylic acids is 1. The summed E-state index contributed by atoms with van der Waals surface area (Å²) in [6.07, 6.45) is 0. The van der Waals surface area contributed by atoms with E-state index in [-0.39, 0.29) is 12.5 Å². The third-order valence-corrected chi connectivity index (χ3v) is 4.29. The summed E-state index contributed by atoms with van der Waals surface area (Å²) in [4.78, 5) is 14.6. The molecule has 0 N–H and O–H groups in total. The zero-order chi connectivity index (χ0) is 18.2. The molecular formula is C22H20ClNO2. The number of hydrogen-bond acceptors (Lipinski definition) is 2. The van der Waals surface area contributed by atoms with E-state index >= 15 is 0 Å². The van der Waals surface area contributed by atoms with Gasteiger partial charge in [0, 0.05) is 13.1 Å². The molecular weight excluding hydrogens is 346 g/mol. The van der Waals surface area contributed by atoms with Crippen molar-refractivity contribution in [3.63, 3.8) is 0 Å². The van der Waals surface area contributed by atoms with Crippen molar-refractivity contribution in [2.45, 2.75) is 13.1 Å². The van der Waals surface area contributed by atoms with Crippen LogP contribution in [0.5, 0.6) is 5.75 Å². The molecule has 0 heterocycles. The summed E-state index contributed by atoms with van der Waals surface area (Å²) in [6.45, 7) is 1.00. The summed E-state index contributed by atoms with van der Waals surface area (Å²) >= 11 is 6.10. The minimum atomic E-state index is -0.0855. The molecule has 0 aliphatic rings. The Bertz CT molecular complexity index is 796. The lowest BCUT2D eigenvalue weighted by atomic mass is 10.1. The van der Waals surface area contributed by atoms with Crippen LogP contribution in [-0.4, -0.2) is 17.4 Å². The normalized spacial score (nSPS) is 10.3. The summed E-state index contributed by atoms with van der Waals surface area (Å²) in [5, 5.41) is 0.498. The number of amides is 1. The van der Waals surface area contributed by atoms with Crippen LogP contribution in [0.15, 0.2) is 84.9 Å². The van der Waals surface area contributed by atoms with E-state index < -0.39 is 0 Å². The molecule has 0 saturated carbocycles. The van der Waals surface area contributed by atoms with Gasteiger partial charge in [-0.1, -0.05) is 84.4 Å². The molecule has 3 nitrogen and oxygen atoms in total. The predicted octanol–water partition coefficient (Wildman–Crippen LogP) is 4.95. The summed E-state index contributed by atoms with van der Waals surface area (Å²) in [7, 11) is 0. The number of nitrogens with zero attached hydrogens (tertiary/aromatic N) is 1. The highest BCUT2D eigenvalue weighted by molar-refractivity contribution is 6.32. The SMILES string of the molecule is O=C(COc1ccccc1Cl)N(Cc1ccccc1)Cc1ccccc1. The number of para-hydroxylation sites is 1. The van der Waals surface area contributed by atoms with Gasteiger partial charge in [0.15, 0.2) is 6.61 Å². The molecule has 3 rings (SSSR count). The fourth-order valence-corrected chi connectivity index (χ4v) is 2.82. The smallest absolute Gasteiger partial charge is 0.261 e. The monoisotopic (exact) mass is 365 g/mol. The average molecular weight is 366 g/mol. The van der Waals surface area contributed by atoms with Crippen molar-refractivity contribution in [2.24, 2.45) is 0 Å². The maximum atomic E-state index is 12.8. The lowest BCUT2D eigenvalue weighted by Crippen LogP contribution is -2.34. The van der Waals surface area contributed by atoms with Crippen molar-refractivity contribution in [3.8, 4) is 5.75 Å². The van der Waals surface area contributed by atoms with E-state index in [0.717, 1.165) is 11.1 Å². The van der Waals surface area contributed by atoms with Gasteiger partial charge in [0.2, 0.25) is 0 Å². The first-order chi connectivity index (χ1) is 12.7. The van der Waals surface area contributed by atoms with Gasteiger partial charge in [-0.2, -0.15) is 0 Å². The van der Waals surface area contributed by atoms with Crippen LogP contribution in [0.3, 0.4) is 0 Å². The first-order valence-electron chi connectivity index (χ1n) is 8.45. The molecule has 0 radical (unpaired) electrons. The van der Waals surface area contributed by atoms with Gasteiger partial charge in [-0.05, 0) is 23.3 Å². The molecule has 26 heavy (non-hydrogen) atoms. The molecule has 0 bridgehead atoms. The van der Waals surface area contributed by atoms with Crippen molar-refractivity contribution in [2.75, 3.05) is 6.61 Å². The Kier molecular flexibility index (Phi) is 6.29. The Balaban J connectivity index is 1.71. The van der Waals surface area contributed by atoms with Crippen LogP contribution in [0.25, 0.3) is 0 Å². The maximum Gasteiger partial charge on any atom is 0.261 e. The molecule has 0 aliphatic heterocycles. The van der Waals surface area contributed by atoms with E-state index in [0.29, 0.717) is 23.9 Å². The van der Waals surface area contributed by atoms with Gasteiger partial charge in [0.25, 0.3) is 5.91 Å². The Morgan fingerprint density at radius 3 is 1.81 bits per heavy atom. The van der Waals surface area contributed by atoms with Gasteiger partial charge in [-0.25, -0.2) is 0 Å². The van der Waals surface area contributed by atoms with E-state index in [1.54, 1.807) is 17.0 Å². The number of halogens is 1. The number of hydrogen-bond donors (Lipinski definition) is 0. The highest BCUT2D eigenvalue weighted by Crippen LogP contribution is 2.23.